The van der Waals surface area contributed by atoms with Gasteiger partial charge in [0.25, 0.3) is 0 Å². The van der Waals surface area contributed by atoms with Gasteiger partial charge in [-0.3, -0.25) is 6.08 Å². The van der Waals surface area contributed by atoms with Crippen molar-refractivity contribution in [3.05, 3.63) is 202 Å². The molecule has 0 amide bonds. The Morgan fingerprint density at radius 1 is 0.679 bits per heavy atom. The van der Waals surface area contributed by atoms with E-state index >= 15 is 0 Å². The molecule has 0 aromatic heterocycles. The van der Waals surface area contributed by atoms with Crippen LogP contribution in [0.5, 0.6) is 0 Å². The fraction of sp³-hybridized carbons (Fsp3) is 0.196. The molecule has 284 valence electrons. The number of hydrogen-bond donors (Lipinski definition) is 0. The summed E-state index contributed by atoms with van der Waals surface area (Å²) in [5.41, 5.74) is 14.4. The third-order valence-electron chi connectivity index (χ3n) is 9.78. The number of hydrogen-bond acceptors (Lipinski definition) is 0. The third kappa shape index (κ3) is 12.1. The summed E-state index contributed by atoms with van der Waals surface area (Å²) in [6, 6.07) is 51.8. The molecule has 6 aromatic carbocycles. The first-order valence-corrected chi connectivity index (χ1v) is 20.8. The second kappa shape index (κ2) is 21.5. The molecule has 0 aliphatic heterocycles. The molecular weight excluding hydrogens is 846 g/mol. The number of rotatable bonds is 7. The Kier molecular flexibility index (Phi) is 17.4. The fourth-order valence-corrected chi connectivity index (χ4v) is 7.89. The van der Waals surface area contributed by atoms with Gasteiger partial charge in [0.1, 0.15) is 0 Å². The second-order valence-corrected chi connectivity index (χ2v) is 17.0. The van der Waals surface area contributed by atoms with Crippen molar-refractivity contribution >= 4 is 26.4 Å². The van der Waals surface area contributed by atoms with Crippen LogP contribution >= 0.6 is 23.2 Å². The van der Waals surface area contributed by atoms with Gasteiger partial charge in [0.15, 0.2) is 0 Å². The molecule has 1 atom stereocenters. The van der Waals surface area contributed by atoms with Crippen LogP contribution in [-0.2, 0) is 30.7 Å². The number of fused-ring (bicyclic) bond motifs is 3. The zero-order valence-electron chi connectivity index (χ0n) is 32.4. The van der Waals surface area contributed by atoms with E-state index in [-0.39, 0.29) is 24.8 Å². The van der Waals surface area contributed by atoms with Crippen molar-refractivity contribution in [2.75, 3.05) is 0 Å². The van der Waals surface area contributed by atoms with Gasteiger partial charge in [0.2, 0.25) is 0 Å². The molecule has 0 bridgehead atoms. The first-order valence-electron chi connectivity index (χ1n) is 18.8. The van der Waals surface area contributed by atoms with Crippen LogP contribution in [0.3, 0.4) is 0 Å². The van der Waals surface area contributed by atoms with Gasteiger partial charge >= 0.3 is 120 Å². The molecular formula is C51H46Cl4Zr-2. The molecule has 56 heavy (non-hydrogen) atoms. The van der Waals surface area contributed by atoms with Crippen molar-refractivity contribution in [1.82, 2.24) is 0 Å². The summed E-state index contributed by atoms with van der Waals surface area (Å²) in [6.07, 6.45) is 12.8. The van der Waals surface area contributed by atoms with Crippen molar-refractivity contribution < 1.29 is 49.0 Å². The van der Waals surface area contributed by atoms with Gasteiger partial charge in [0, 0.05) is 0 Å². The molecule has 8 rings (SSSR count). The van der Waals surface area contributed by atoms with Gasteiger partial charge in [-0.25, -0.2) is 6.08 Å². The second-order valence-electron chi connectivity index (χ2n) is 14.9. The first kappa shape index (κ1) is 45.4. The standard InChI is InChI=1S/C25H17.C13H8Cl2.C13H21.2ClH.Zr/c1-3-7-18(8-4-1)20-11-13-24-22(15-20)17-23-16-21(12-14-25(23)24)19-9-5-2-6-10-19;14-12-5-1-3-10(8-12)7-11-4-2-6-13(15)9-11;1-5-6-7-11-8-9-12(10-11)13(2,3)4;;;/h1-15H,17H2;1-6,8-9H;9-11H,5-7H2,1-4H3;2*1H;/q-1;;-1;;;+2/p-2. The Labute approximate surface area is 372 Å². The van der Waals surface area contributed by atoms with Crippen molar-refractivity contribution in [2.45, 2.75) is 53.4 Å². The minimum absolute atomic E-state index is 0. The average Bonchev–Trinajstić information content (AvgIpc) is 3.83. The Morgan fingerprint density at radius 2 is 1.27 bits per heavy atom. The van der Waals surface area contributed by atoms with E-state index in [1.165, 1.54) is 96.8 Å². The molecule has 0 fully saturated rings. The van der Waals surface area contributed by atoms with Crippen LogP contribution < -0.4 is 24.8 Å². The summed E-state index contributed by atoms with van der Waals surface area (Å²) in [5, 5.41) is 1.53. The monoisotopic (exact) mass is 888 g/mol. The van der Waals surface area contributed by atoms with E-state index in [2.05, 4.69) is 155 Å². The zero-order chi connectivity index (χ0) is 38.1. The maximum Gasteiger partial charge on any atom is -0.0181 e. The molecule has 0 saturated heterocycles. The van der Waals surface area contributed by atoms with Crippen LogP contribution in [0, 0.1) is 23.5 Å². The maximum absolute atomic E-state index is 5.98. The predicted molar refractivity (Wildman–Crippen MR) is 229 cm³/mol. The van der Waals surface area contributed by atoms with Crippen LogP contribution in [0.25, 0.3) is 33.4 Å². The molecule has 0 N–H and O–H groups in total. The van der Waals surface area contributed by atoms with E-state index < -0.39 is 0 Å². The van der Waals surface area contributed by atoms with Crippen molar-refractivity contribution in [3.8, 4) is 33.4 Å². The van der Waals surface area contributed by atoms with E-state index in [1.54, 1.807) is 0 Å². The van der Waals surface area contributed by atoms with Gasteiger partial charge in [-0.15, -0.1) is 29.3 Å². The Hall–Kier alpha value is -3.29. The normalized spacial score (nSPS) is 13.4. The Bertz CT molecular complexity index is 2130. The summed E-state index contributed by atoms with van der Waals surface area (Å²) in [6.45, 7) is 9.03. The zero-order valence-corrected chi connectivity index (χ0v) is 37.8. The third-order valence-corrected chi connectivity index (χ3v) is 11.7. The van der Waals surface area contributed by atoms with Crippen LogP contribution in [0.2, 0.25) is 10.0 Å². The van der Waals surface area contributed by atoms with E-state index in [0.717, 1.165) is 27.6 Å². The maximum atomic E-state index is 5.98. The molecule has 6 aromatic rings. The summed E-state index contributed by atoms with van der Waals surface area (Å²) in [4.78, 5) is 0. The summed E-state index contributed by atoms with van der Waals surface area (Å²) < 4.78 is 1.26. The number of benzene rings is 6. The summed E-state index contributed by atoms with van der Waals surface area (Å²) in [7, 11) is 0. The van der Waals surface area contributed by atoms with Crippen molar-refractivity contribution in [1.29, 1.82) is 0 Å². The largest absolute Gasteiger partial charge is 1.00 e. The Balaban J connectivity index is 0.000000196. The van der Waals surface area contributed by atoms with Crippen LogP contribution in [0.1, 0.15) is 69.2 Å². The number of allylic oxidation sites excluding steroid dienone is 4. The molecule has 2 aliphatic carbocycles. The van der Waals surface area contributed by atoms with Gasteiger partial charge in [-0.05, 0) is 23.1 Å². The van der Waals surface area contributed by atoms with Crippen LogP contribution in [0.15, 0.2) is 157 Å². The molecule has 1 unspecified atom stereocenters. The van der Waals surface area contributed by atoms with Gasteiger partial charge in [-0.2, -0.15) is 11.6 Å². The van der Waals surface area contributed by atoms with E-state index in [4.69, 9.17) is 23.2 Å². The van der Waals surface area contributed by atoms with E-state index in [0.29, 0.717) is 11.3 Å². The first-order chi connectivity index (χ1) is 26.1. The smallest absolute Gasteiger partial charge is 0.0181 e. The molecule has 0 heterocycles. The summed E-state index contributed by atoms with van der Waals surface area (Å²) >= 11 is 13.3. The van der Waals surface area contributed by atoms with E-state index in [1.807, 2.05) is 36.4 Å². The molecule has 5 heteroatoms. The number of unbranched alkanes of at least 4 members (excludes halogenated alkanes) is 1. The molecule has 0 spiro atoms. The fourth-order valence-electron chi connectivity index (χ4n) is 6.74. The molecule has 0 nitrogen and oxygen atoms in total. The molecule has 0 saturated carbocycles. The Morgan fingerprint density at radius 3 is 1.82 bits per heavy atom. The summed E-state index contributed by atoms with van der Waals surface area (Å²) in [5.74, 6) is 0.592. The van der Waals surface area contributed by atoms with Crippen molar-refractivity contribution in [2.24, 2.45) is 11.3 Å². The molecule has 2 aliphatic rings. The van der Waals surface area contributed by atoms with Crippen LogP contribution in [0.4, 0.5) is 0 Å². The molecule has 0 radical (unpaired) electrons. The average molecular weight is 892 g/mol. The van der Waals surface area contributed by atoms with Gasteiger partial charge in [0.05, 0.1) is 0 Å². The topological polar surface area (TPSA) is 0 Å². The predicted octanol–water partition coefficient (Wildman–Crippen LogP) is 8.65. The van der Waals surface area contributed by atoms with Gasteiger partial charge in [-0.1, -0.05) is 154 Å². The quantitative estimate of drug-likeness (QED) is 0.141. The van der Waals surface area contributed by atoms with E-state index in [9.17, 15) is 0 Å². The SMILES string of the molecule is CCCCC1[C-]=CC(C(C)(C)C)=C1.Clc1cccc([C](=[Zr+2])c2cccc(Cl)c2)c1.[Cl-].[Cl-].[c-]1c(-c2ccccc2)ccc2c1Cc1cc(-c3ccccc3)ccc1-2. The minimum Gasteiger partial charge on any atom is -1.00 e. The van der Waals surface area contributed by atoms with Gasteiger partial charge < -0.3 is 24.8 Å². The van der Waals surface area contributed by atoms with Crippen molar-refractivity contribution in [3.63, 3.8) is 0 Å². The number of halogens is 4. The van der Waals surface area contributed by atoms with Crippen LogP contribution in [-0.4, -0.2) is 3.21 Å². The minimum atomic E-state index is 0.